The first kappa shape index (κ1) is 19.7. The van der Waals surface area contributed by atoms with Crippen LogP contribution in [0.15, 0.2) is 0 Å². The minimum absolute atomic E-state index is 1.19. The Hall–Kier alpha value is 0.660. The van der Waals surface area contributed by atoms with Crippen molar-refractivity contribution in [1.29, 1.82) is 0 Å². The normalized spacial score (nSPS) is 11.1. The van der Waals surface area contributed by atoms with Crippen LogP contribution in [-0.4, -0.2) is 36.1 Å². The summed E-state index contributed by atoms with van der Waals surface area (Å²) in [5, 5.41) is 3.55. The molecule has 116 valence electrons. The largest absolute Gasteiger partial charge is 0.315 e. The summed E-state index contributed by atoms with van der Waals surface area (Å²) in [5.41, 5.74) is 0. The van der Waals surface area contributed by atoms with Gasteiger partial charge in [0.15, 0.2) is 0 Å². The van der Waals surface area contributed by atoms with Gasteiger partial charge < -0.3 is 5.32 Å². The number of unbranched alkanes of at least 4 members (excludes halogenated alkanes) is 6. The minimum atomic E-state index is 1.19. The molecule has 0 aliphatic heterocycles. The second kappa shape index (κ2) is 18.7. The Morgan fingerprint density at radius 2 is 1.05 bits per heavy atom. The van der Waals surface area contributed by atoms with E-state index in [1.165, 1.54) is 87.5 Å². The van der Waals surface area contributed by atoms with E-state index in [0.717, 1.165) is 0 Å². The zero-order valence-electron chi connectivity index (χ0n) is 13.2. The van der Waals surface area contributed by atoms with Gasteiger partial charge in [-0.05, 0) is 24.3 Å². The van der Waals surface area contributed by atoms with Gasteiger partial charge in [0.2, 0.25) is 0 Å². The highest BCUT2D eigenvalue weighted by molar-refractivity contribution is 7.99. The number of thioether (sulfide) groups is 2. The van der Waals surface area contributed by atoms with Gasteiger partial charge in [0, 0.05) is 24.6 Å². The van der Waals surface area contributed by atoms with Crippen molar-refractivity contribution in [2.24, 2.45) is 0 Å². The smallest absolute Gasteiger partial charge is 0.00581 e. The van der Waals surface area contributed by atoms with Gasteiger partial charge in [-0.15, -0.1) is 0 Å². The predicted octanol–water partition coefficient (Wildman–Crippen LogP) is 5.20. The molecule has 3 heteroatoms. The van der Waals surface area contributed by atoms with E-state index in [2.05, 4.69) is 42.7 Å². The fraction of sp³-hybridized carbons (Fsp3) is 1.00. The van der Waals surface area contributed by atoms with Crippen LogP contribution < -0.4 is 5.32 Å². The van der Waals surface area contributed by atoms with E-state index in [0.29, 0.717) is 0 Å². The zero-order valence-corrected chi connectivity index (χ0v) is 14.8. The summed E-state index contributed by atoms with van der Waals surface area (Å²) >= 11 is 4.22. The van der Waals surface area contributed by atoms with Crippen molar-refractivity contribution in [3.8, 4) is 0 Å². The van der Waals surface area contributed by atoms with Crippen LogP contribution in [0, 0.1) is 0 Å². The monoisotopic (exact) mass is 305 g/mol. The van der Waals surface area contributed by atoms with Gasteiger partial charge in [0.25, 0.3) is 0 Å². The van der Waals surface area contributed by atoms with Gasteiger partial charge >= 0.3 is 0 Å². The molecule has 1 nitrogen and oxygen atoms in total. The molecular formula is C16H35NS2. The average Bonchev–Trinajstić information content (AvgIpc) is 2.43. The summed E-state index contributed by atoms with van der Waals surface area (Å²) in [5.74, 6) is 5.28. The van der Waals surface area contributed by atoms with E-state index in [1.54, 1.807) is 0 Å². The van der Waals surface area contributed by atoms with Gasteiger partial charge in [0.05, 0.1) is 0 Å². The third-order valence-electron chi connectivity index (χ3n) is 3.13. The van der Waals surface area contributed by atoms with Gasteiger partial charge in [-0.2, -0.15) is 23.5 Å². The number of hydrogen-bond acceptors (Lipinski definition) is 3. The Morgan fingerprint density at radius 3 is 1.47 bits per heavy atom. The summed E-state index contributed by atoms with van der Waals surface area (Å²) in [6.45, 7) is 6.93. The molecule has 19 heavy (non-hydrogen) atoms. The second-order valence-electron chi connectivity index (χ2n) is 5.10. The summed E-state index contributed by atoms with van der Waals surface area (Å²) in [6, 6.07) is 0. The maximum absolute atomic E-state index is 3.55. The Bertz CT molecular complexity index is 138. The molecule has 0 aliphatic rings. The van der Waals surface area contributed by atoms with E-state index < -0.39 is 0 Å². The SMILES string of the molecule is CCCCCCSCCNCCSCCCCCC. The maximum Gasteiger partial charge on any atom is 0.00581 e. The van der Waals surface area contributed by atoms with Crippen molar-refractivity contribution in [2.45, 2.75) is 65.2 Å². The molecule has 0 unspecified atom stereocenters. The van der Waals surface area contributed by atoms with Crippen LogP contribution in [0.4, 0.5) is 0 Å². The molecule has 0 amide bonds. The van der Waals surface area contributed by atoms with Gasteiger partial charge in [-0.1, -0.05) is 52.4 Å². The molecule has 0 rings (SSSR count). The third kappa shape index (κ3) is 18.7. The lowest BCUT2D eigenvalue weighted by Crippen LogP contribution is -2.20. The molecule has 0 atom stereocenters. The topological polar surface area (TPSA) is 12.0 Å². The Kier molecular flexibility index (Phi) is 19.3. The van der Waals surface area contributed by atoms with Crippen molar-refractivity contribution in [3.05, 3.63) is 0 Å². The fourth-order valence-electron chi connectivity index (χ4n) is 1.88. The van der Waals surface area contributed by atoms with Crippen LogP contribution in [0.25, 0.3) is 0 Å². The lowest BCUT2D eigenvalue weighted by molar-refractivity contribution is 0.705. The molecule has 0 fully saturated rings. The molecule has 0 aromatic heterocycles. The molecule has 0 saturated carbocycles. The van der Waals surface area contributed by atoms with Crippen LogP contribution in [0.2, 0.25) is 0 Å². The molecule has 0 radical (unpaired) electrons. The molecule has 0 heterocycles. The van der Waals surface area contributed by atoms with Crippen molar-refractivity contribution < 1.29 is 0 Å². The lowest BCUT2D eigenvalue weighted by atomic mass is 10.2. The van der Waals surface area contributed by atoms with Crippen LogP contribution in [0.1, 0.15) is 65.2 Å². The first-order valence-corrected chi connectivity index (χ1v) is 10.6. The first-order chi connectivity index (χ1) is 9.41. The molecule has 0 aromatic carbocycles. The van der Waals surface area contributed by atoms with Gasteiger partial charge in [0.1, 0.15) is 0 Å². The average molecular weight is 306 g/mol. The number of hydrogen-bond donors (Lipinski definition) is 1. The standard InChI is InChI=1S/C16H35NS2/c1-3-5-7-9-13-18-15-11-17-12-16-19-14-10-8-6-4-2/h17H,3-16H2,1-2H3. The second-order valence-corrected chi connectivity index (χ2v) is 7.55. The number of rotatable bonds is 16. The quantitative estimate of drug-likeness (QED) is 0.393. The highest BCUT2D eigenvalue weighted by atomic mass is 32.2. The van der Waals surface area contributed by atoms with E-state index in [9.17, 15) is 0 Å². The summed E-state index contributed by atoms with van der Waals surface area (Å²) in [6.07, 6.45) is 11.2. The third-order valence-corrected chi connectivity index (χ3v) is 5.27. The Morgan fingerprint density at radius 1 is 0.579 bits per heavy atom. The van der Waals surface area contributed by atoms with Crippen LogP contribution in [-0.2, 0) is 0 Å². The van der Waals surface area contributed by atoms with Crippen LogP contribution >= 0.6 is 23.5 Å². The Balaban J connectivity index is 2.88. The van der Waals surface area contributed by atoms with E-state index in [1.807, 2.05) is 0 Å². The van der Waals surface area contributed by atoms with E-state index in [4.69, 9.17) is 0 Å². The van der Waals surface area contributed by atoms with Crippen LogP contribution in [0.5, 0.6) is 0 Å². The lowest BCUT2D eigenvalue weighted by Gasteiger charge is -2.05. The zero-order chi connectivity index (χ0) is 14.0. The van der Waals surface area contributed by atoms with Crippen molar-refractivity contribution >= 4 is 23.5 Å². The van der Waals surface area contributed by atoms with E-state index >= 15 is 0 Å². The molecule has 0 saturated heterocycles. The highest BCUT2D eigenvalue weighted by Gasteiger charge is 1.93. The van der Waals surface area contributed by atoms with Gasteiger partial charge in [-0.25, -0.2) is 0 Å². The highest BCUT2D eigenvalue weighted by Crippen LogP contribution is 2.07. The van der Waals surface area contributed by atoms with Crippen LogP contribution in [0.3, 0.4) is 0 Å². The molecule has 0 aliphatic carbocycles. The van der Waals surface area contributed by atoms with Crippen molar-refractivity contribution in [2.75, 3.05) is 36.1 Å². The van der Waals surface area contributed by atoms with Gasteiger partial charge in [-0.3, -0.25) is 0 Å². The molecular weight excluding hydrogens is 270 g/mol. The summed E-state index contributed by atoms with van der Waals surface area (Å²) in [4.78, 5) is 0. The Labute approximate surface area is 130 Å². The van der Waals surface area contributed by atoms with Crippen molar-refractivity contribution in [1.82, 2.24) is 5.32 Å². The first-order valence-electron chi connectivity index (χ1n) is 8.28. The number of nitrogens with one attached hydrogen (secondary N) is 1. The molecule has 1 N–H and O–H groups in total. The minimum Gasteiger partial charge on any atom is -0.315 e. The fourth-order valence-corrected chi connectivity index (χ4v) is 3.68. The van der Waals surface area contributed by atoms with E-state index in [-0.39, 0.29) is 0 Å². The summed E-state index contributed by atoms with van der Waals surface area (Å²) in [7, 11) is 0. The molecule has 0 bridgehead atoms. The molecule has 0 spiro atoms. The maximum atomic E-state index is 3.55. The summed E-state index contributed by atoms with van der Waals surface area (Å²) < 4.78 is 0. The van der Waals surface area contributed by atoms with Crippen molar-refractivity contribution in [3.63, 3.8) is 0 Å². The predicted molar refractivity (Wildman–Crippen MR) is 95.8 cm³/mol. The molecule has 0 aromatic rings.